The Balaban J connectivity index is 1.19. The van der Waals surface area contributed by atoms with Gasteiger partial charge in [-0.1, -0.05) is 24.3 Å². The summed E-state index contributed by atoms with van der Waals surface area (Å²) in [5, 5.41) is 0. The Labute approximate surface area is 203 Å². The van der Waals surface area contributed by atoms with Crippen LogP contribution in [0.5, 0.6) is 0 Å². The number of nitrogens with zero attached hydrogens (tertiary/aromatic N) is 6. The maximum absolute atomic E-state index is 12.6. The van der Waals surface area contributed by atoms with Gasteiger partial charge in [0.05, 0.1) is 11.7 Å². The SMILES string of the molecule is O=C(C1CC1)N1CC[C@@H](Cn2c(-c3ccc(-c4ccn5ccnc5c4)cc3)nc3cnccc32)C1. The van der Waals surface area contributed by atoms with E-state index in [0.29, 0.717) is 11.8 Å². The number of pyridine rings is 2. The van der Waals surface area contributed by atoms with Gasteiger partial charge >= 0.3 is 0 Å². The minimum Gasteiger partial charge on any atom is -0.342 e. The molecule has 0 radical (unpaired) electrons. The highest BCUT2D eigenvalue weighted by Crippen LogP contribution is 2.34. The van der Waals surface area contributed by atoms with Crippen molar-refractivity contribution in [2.75, 3.05) is 13.1 Å². The van der Waals surface area contributed by atoms with Crippen LogP contribution in [-0.2, 0) is 11.3 Å². The second-order valence-electron chi connectivity index (χ2n) is 9.81. The molecule has 2 aliphatic rings. The Morgan fingerprint density at radius 3 is 2.66 bits per heavy atom. The van der Waals surface area contributed by atoms with Crippen molar-refractivity contribution < 1.29 is 4.79 Å². The summed E-state index contributed by atoms with van der Waals surface area (Å²) in [6, 6.07) is 14.9. The van der Waals surface area contributed by atoms with Crippen LogP contribution < -0.4 is 0 Å². The van der Waals surface area contributed by atoms with E-state index in [9.17, 15) is 4.79 Å². The number of hydrogen-bond acceptors (Lipinski definition) is 4. The maximum Gasteiger partial charge on any atom is 0.225 e. The fraction of sp³-hybridized carbons (Fsp3) is 0.286. The van der Waals surface area contributed by atoms with Gasteiger partial charge in [-0.2, -0.15) is 0 Å². The molecule has 7 nitrogen and oxygen atoms in total. The van der Waals surface area contributed by atoms with Gasteiger partial charge in [-0.05, 0) is 54.5 Å². The predicted octanol–water partition coefficient (Wildman–Crippen LogP) is 4.67. The zero-order valence-electron chi connectivity index (χ0n) is 19.4. The molecule has 174 valence electrons. The molecule has 4 aromatic heterocycles. The molecule has 0 bridgehead atoms. The van der Waals surface area contributed by atoms with Gasteiger partial charge in [-0.3, -0.25) is 9.78 Å². The number of fused-ring (bicyclic) bond motifs is 2. The number of rotatable bonds is 5. The van der Waals surface area contributed by atoms with Gasteiger partial charge in [0.15, 0.2) is 0 Å². The summed E-state index contributed by atoms with van der Waals surface area (Å²) < 4.78 is 4.33. The predicted molar refractivity (Wildman–Crippen MR) is 135 cm³/mol. The van der Waals surface area contributed by atoms with Crippen molar-refractivity contribution in [2.24, 2.45) is 11.8 Å². The zero-order valence-corrected chi connectivity index (χ0v) is 19.4. The van der Waals surface area contributed by atoms with E-state index in [0.717, 1.165) is 78.1 Å². The number of amides is 1. The maximum atomic E-state index is 12.6. The van der Waals surface area contributed by atoms with Crippen LogP contribution >= 0.6 is 0 Å². The average Bonchev–Trinajstić information content (AvgIpc) is 3.30. The van der Waals surface area contributed by atoms with Crippen molar-refractivity contribution >= 4 is 22.6 Å². The number of likely N-dealkylation sites (tertiary alicyclic amines) is 1. The smallest absolute Gasteiger partial charge is 0.225 e. The molecule has 1 amide bonds. The highest BCUT2D eigenvalue weighted by atomic mass is 16.2. The van der Waals surface area contributed by atoms with Gasteiger partial charge in [0.25, 0.3) is 0 Å². The molecule has 0 N–H and O–H groups in total. The molecule has 2 fully saturated rings. The van der Waals surface area contributed by atoms with E-state index < -0.39 is 0 Å². The first kappa shape index (κ1) is 20.4. The lowest BCUT2D eigenvalue weighted by Gasteiger charge is -2.18. The van der Waals surface area contributed by atoms with Crippen LogP contribution in [0.2, 0.25) is 0 Å². The lowest BCUT2D eigenvalue weighted by molar-refractivity contribution is -0.131. The summed E-state index contributed by atoms with van der Waals surface area (Å²) in [6.45, 7) is 2.57. The zero-order chi connectivity index (χ0) is 23.4. The fourth-order valence-electron chi connectivity index (χ4n) is 5.32. The Kier molecular flexibility index (Phi) is 4.68. The first-order valence-electron chi connectivity index (χ1n) is 12.4. The van der Waals surface area contributed by atoms with Gasteiger partial charge in [-0.25, -0.2) is 9.97 Å². The number of aromatic nitrogens is 5. The first-order chi connectivity index (χ1) is 17.2. The molecule has 5 heterocycles. The Bertz CT molecular complexity index is 1550. The second-order valence-corrected chi connectivity index (χ2v) is 9.81. The monoisotopic (exact) mass is 462 g/mol. The highest BCUT2D eigenvalue weighted by molar-refractivity contribution is 5.82. The number of imidazole rings is 2. The summed E-state index contributed by atoms with van der Waals surface area (Å²) in [7, 11) is 0. The van der Waals surface area contributed by atoms with E-state index in [1.165, 1.54) is 0 Å². The van der Waals surface area contributed by atoms with E-state index in [2.05, 4.69) is 55.8 Å². The van der Waals surface area contributed by atoms with Crippen molar-refractivity contribution in [1.82, 2.24) is 28.8 Å². The van der Waals surface area contributed by atoms with E-state index >= 15 is 0 Å². The third-order valence-corrected chi connectivity index (χ3v) is 7.39. The molecular formula is C28H26N6O. The van der Waals surface area contributed by atoms with E-state index in [-0.39, 0.29) is 5.92 Å². The standard InChI is InChI=1S/C28H26N6O/c35-28(22-5-6-22)33-12-8-19(17-33)18-34-25-7-10-29-16-24(25)31-27(34)21-3-1-20(2-4-21)23-9-13-32-14-11-30-26(32)15-23/h1-4,7,9-11,13-16,19,22H,5-6,8,12,17-18H2/t19-/m1/s1. The van der Waals surface area contributed by atoms with E-state index in [1.54, 1.807) is 0 Å². The van der Waals surface area contributed by atoms with Crippen LogP contribution in [0.15, 0.2) is 73.4 Å². The van der Waals surface area contributed by atoms with Gasteiger partial charge in [0.2, 0.25) is 5.91 Å². The third-order valence-electron chi connectivity index (χ3n) is 7.39. The first-order valence-corrected chi connectivity index (χ1v) is 12.4. The lowest BCUT2D eigenvalue weighted by Crippen LogP contribution is -2.30. The summed E-state index contributed by atoms with van der Waals surface area (Å²) in [4.78, 5) is 28.3. The van der Waals surface area contributed by atoms with Crippen molar-refractivity contribution in [2.45, 2.75) is 25.8 Å². The van der Waals surface area contributed by atoms with Crippen LogP contribution in [0, 0.1) is 11.8 Å². The fourth-order valence-corrected chi connectivity index (χ4v) is 5.32. The van der Waals surface area contributed by atoms with E-state index in [4.69, 9.17) is 4.98 Å². The quantitative estimate of drug-likeness (QED) is 0.381. The molecule has 5 aromatic rings. The summed E-state index contributed by atoms with van der Waals surface area (Å²) in [5.74, 6) is 2.03. The number of benzene rings is 1. The molecule has 1 saturated carbocycles. The average molecular weight is 463 g/mol. The van der Waals surface area contributed by atoms with Gasteiger partial charge < -0.3 is 13.9 Å². The van der Waals surface area contributed by atoms with Crippen molar-refractivity contribution in [1.29, 1.82) is 0 Å². The van der Waals surface area contributed by atoms with Crippen LogP contribution in [-0.4, -0.2) is 47.8 Å². The minimum absolute atomic E-state index is 0.289. The minimum atomic E-state index is 0.289. The second kappa shape index (κ2) is 8.05. The molecule has 1 aromatic carbocycles. The molecule has 0 spiro atoms. The van der Waals surface area contributed by atoms with E-state index in [1.807, 2.05) is 41.5 Å². The third kappa shape index (κ3) is 3.67. The van der Waals surface area contributed by atoms with Gasteiger partial charge in [-0.15, -0.1) is 0 Å². The molecule has 7 heteroatoms. The topological polar surface area (TPSA) is 68.3 Å². The number of carbonyl (C=O) groups is 1. The summed E-state index contributed by atoms with van der Waals surface area (Å²) >= 11 is 0. The Morgan fingerprint density at radius 1 is 0.943 bits per heavy atom. The molecule has 1 aliphatic heterocycles. The van der Waals surface area contributed by atoms with Crippen LogP contribution in [0.25, 0.3) is 39.2 Å². The molecule has 0 unspecified atom stereocenters. The summed E-state index contributed by atoms with van der Waals surface area (Å²) in [5.41, 5.74) is 6.30. The van der Waals surface area contributed by atoms with Crippen LogP contribution in [0.4, 0.5) is 0 Å². The molecule has 1 atom stereocenters. The lowest BCUT2D eigenvalue weighted by atomic mass is 10.0. The summed E-state index contributed by atoms with van der Waals surface area (Å²) in [6.07, 6.45) is 12.6. The highest BCUT2D eigenvalue weighted by Gasteiger charge is 2.36. The number of carbonyl (C=O) groups excluding carboxylic acids is 1. The number of hydrogen-bond donors (Lipinski definition) is 0. The Hall–Kier alpha value is -4.00. The largest absolute Gasteiger partial charge is 0.342 e. The molecule has 35 heavy (non-hydrogen) atoms. The van der Waals surface area contributed by atoms with Crippen LogP contribution in [0.1, 0.15) is 19.3 Å². The van der Waals surface area contributed by atoms with Crippen LogP contribution in [0.3, 0.4) is 0 Å². The van der Waals surface area contributed by atoms with Crippen molar-refractivity contribution in [3.05, 3.63) is 73.4 Å². The molecule has 1 saturated heterocycles. The molecule has 7 rings (SSSR count). The molecular weight excluding hydrogens is 436 g/mol. The Morgan fingerprint density at radius 2 is 1.80 bits per heavy atom. The van der Waals surface area contributed by atoms with Crippen molar-refractivity contribution in [3.63, 3.8) is 0 Å². The molecule has 1 aliphatic carbocycles. The van der Waals surface area contributed by atoms with Crippen molar-refractivity contribution in [3.8, 4) is 22.5 Å². The van der Waals surface area contributed by atoms with Gasteiger partial charge in [0.1, 0.15) is 17.0 Å². The van der Waals surface area contributed by atoms with Gasteiger partial charge in [0, 0.05) is 55.9 Å². The normalized spacial score (nSPS) is 18.1.